The van der Waals surface area contributed by atoms with Gasteiger partial charge in [-0.3, -0.25) is 9.11 Å². The zero-order valence-corrected chi connectivity index (χ0v) is 10.5. The van der Waals surface area contributed by atoms with Crippen LogP contribution in [0.1, 0.15) is 6.92 Å². The van der Waals surface area contributed by atoms with E-state index >= 15 is 0 Å². The van der Waals surface area contributed by atoms with Crippen molar-refractivity contribution < 1.29 is 17.5 Å². The van der Waals surface area contributed by atoms with Crippen molar-refractivity contribution in [1.29, 1.82) is 0 Å². The molecule has 0 bridgehead atoms. The van der Waals surface area contributed by atoms with Crippen LogP contribution in [0.2, 0.25) is 0 Å². The summed E-state index contributed by atoms with van der Waals surface area (Å²) in [5, 5.41) is 0.590. The van der Waals surface area contributed by atoms with Gasteiger partial charge in [0.2, 0.25) is 0 Å². The van der Waals surface area contributed by atoms with Crippen molar-refractivity contribution in [3.8, 4) is 0 Å². The second kappa shape index (κ2) is 5.05. The number of rotatable bonds is 0. The smallest absolute Gasteiger partial charge is 0.362 e. The molecule has 1 heterocycles. The average molecular weight is 263 g/mol. The summed E-state index contributed by atoms with van der Waals surface area (Å²) in [5.74, 6) is 0. The van der Waals surface area contributed by atoms with Crippen LogP contribution in [0.25, 0.3) is 0 Å². The Morgan fingerprint density at radius 1 is 1.31 bits per heavy atom. The van der Waals surface area contributed by atoms with E-state index in [9.17, 15) is 0 Å². The maximum atomic E-state index is 8.74. The summed E-state index contributed by atoms with van der Waals surface area (Å²) in [5.41, 5.74) is 1.37. The topological polar surface area (TPSA) is 77.8 Å². The molecule has 0 aromatic heterocycles. The Morgan fingerprint density at radius 2 is 1.81 bits per heavy atom. The summed E-state index contributed by atoms with van der Waals surface area (Å²) in [6, 6.07) is 8.54. The maximum absolute atomic E-state index is 8.74. The minimum Gasteiger partial charge on any atom is -0.362 e. The molecule has 1 unspecified atom stereocenters. The van der Waals surface area contributed by atoms with E-state index in [1.54, 1.807) is 0 Å². The van der Waals surface area contributed by atoms with Crippen LogP contribution in [0, 0.1) is 0 Å². The molecule has 0 amide bonds. The van der Waals surface area contributed by atoms with Gasteiger partial charge in [-0.2, -0.15) is 8.42 Å². The third-order valence-corrected chi connectivity index (χ3v) is 3.34. The number of nitrogens with zero attached hydrogens (tertiary/aromatic N) is 1. The van der Waals surface area contributed by atoms with Gasteiger partial charge in [0.15, 0.2) is 0 Å². The van der Waals surface area contributed by atoms with Crippen LogP contribution in [-0.4, -0.2) is 29.9 Å². The van der Waals surface area contributed by atoms with Crippen LogP contribution in [0.4, 0.5) is 5.69 Å². The first-order chi connectivity index (χ1) is 7.29. The number of hydrogen-bond donors (Lipinski definition) is 2. The molecule has 0 spiro atoms. The Kier molecular flexibility index (Phi) is 4.20. The van der Waals surface area contributed by atoms with Gasteiger partial charge >= 0.3 is 10.4 Å². The zero-order valence-electron chi connectivity index (χ0n) is 8.86. The van der Waals surface area contributed by atoms with Crippen LogP contribution >= 0.6 is 11.8 Å². The lowest BCUT2D eigenvalue weighted by Crippen LogP contribution is -2.20. The highest BCUT2D eigenvalue weighted by Gasteiger charge is 2.21. The Balaban J connectivity index is 0.000000221. The van der Waals surface area contributed by atoms with E-state index in [4.69, 9.17) is 17.5 Å². The lowest BCUT2D eigenvalue weighted by Gasteiger charge is -2.16. The minimum absolute atomic E-state index is 0.590. The molecule has 0 aliphatic carbocycles. The first kappa shape index (κ1) is 13.3. The molecule has 0 saturated carbocycles. The molecular weight excluding hydrogens is 250 g/mol. The molecule has 2 N–H and O–H groups in total. The highest BCUT2D eigenvalue weighted by molar-refractivity contribution is 8.00. The third-order valence-electron chi connectivity index (χ3n) is 2.09. The first-order valence-electron chi connectivity index (χ1n) is 4.47. The molecule has 1 aliphatic rings. The monoisotopic (exact) mass is 263 g/mol. The van der Waals surface area contributed by atoms with Gasteiger partial charge < -0.3 is 4.90 Å². The van der Waals surface area contributed by atoms with E-state index in [0.29, 0.717) is 5.37 Å². The molecule has 0 radical (unpaired) electrons. The van der Waals surface area contributed by atoms with Crippen molar-refractivity contribution in [2.45, 2.75) is 17.2 Å². The quantitative estimate of drug-likeness (QED) is 0.696. The number of thioether (sulfide) groups is 1. The highest BCUT2D eigenvalue weighted by Crippen LogP contribution is 2.41. The summed E-state index contributed by atoms with van der Waals surface area (Å²) in [6.07, 6.45) is 0. The molecule has 16 heavy (non-hydrogen) atoms. The Morgan fingerprint density at radius 3 is 2.31 bits per heavy atom. The first-order valence-corrected chi connectivity index (χ1v) is 6.75. The van der Waals surface area contributed by atoms with Gasteiger partial charge in [0.25, 0.3) is 0 Å². The number of fused-ring (bicyclic) bond motifs is 1. The predicted molar refractivity (Wildman–Crippen MR) is 64.3 cm³/mol. The number of hydrogen-bond acceptors (Lipinski definition) is 4. The molecule has 0 fully saturated rings. The van der Waals surface area contributed by atoms with E-state index in [2.05, 4.69) is 43.1 Å². The standard InChI is InChI=1S/C9H11NS.H2O4S/c1-7-10(2)8-5-3-4-6-9(8)11-7;1-5(2,3)4/h3-7H,1-2H3;(H2,1,2,3,4). The van der Waals surface area contributed by atoms with Gasteiger partial charge in [-0.15, -0.1) is 0 Å². The van der Waals surface area contributed by atoms with E-state index in [1.165, 1.54) is 10.6 Å². The van der Waals surface area contributed by atoms with E-state index < -0.39 is 10.4 Å². The van der Waals surface area contributed by atoms with Gasteiger partial charge in [0.05, 0.1) is 11.1 Å². The molecular formula is C9H13NO4S2. The molecule has 90 valence electrons. The van der Waals surface area contributed by atoms with Crippen molar-refractivity contribution in [3.05, 3.63) is 24.3 Å². The Labute approximate surface area is 99.0 Å². The predicted octanol–water partition coefficient (Wildman–Crippen LogP) is 1.92. The van der Waals surface area contributed by atoms with Crippen molar-refractivity contribution >= 4 is 27.8 Å². The summed E-state index contributed by atoms with van der Waals surface area (Å²) in [6.45, 7) is 2.23. The van der Waals surface area contributed by atoms with Gasteiger partial charge in [-0.05, 0) is 19.1 Å². The molecule has 1 aromatic rings. The lowest BCUT2D eigenvalue weighted by molar-refractivity contribution is 0.381. The van der Waals surface area contributed by atoms with E-state index in [0.717, 1.165) is 0 Å². The Bertz CT molecular complexity index is 452. The normalized spacial score (nSPS) is 18.8. The van der Waals surface area contributed by atoms with Crippen LogP contribution in [0.3, 0.4) is 0 Å². The maximum Gasteiger partial charge on any atom is 0.394 e. The van der Waals surface area contributed by atoms with Crippen molar-refractivity contribution in [2.75, 3.05) is 11.9 Å². The van der Waals surface area contributed by atoms with Crippen LogP contribution in [0.5, 0.6) is 0 Å². The summed E-state index contributed by atoms with van der Waals surface area (Å²) in [7, 11) is -2.52. The summed E-state index contributed by atoms with van der Waals surface area (Å²) < 4.78 is 31.6. The fourth-order valence-corrected chi connectivity index (χ4v) is 2.44. The highest BCUT2D eigenvalue weighted by atomic mass is 32.3. The van der Waals surface area contributed by atoms with Gasteiger partial charge in [0, 0.05) is 11.9 Å². The van der Waals surface area contributed by atoms with E-state index in [1.807, 2.05) is 11.8 Å². The molecule has 1 aromatic carbocycles. The second-order valence-corrected chi connectivity index (χ2v) is 5.50. The van der Waals surface area contributed by atoms with Crippen molar-refractivity contribution in [3.63, 3.8) is 0 Å². The van der Waals surface area contributed by atoms with Crippen molar-refractivity contribution in [1.82, 2.24) is 0 Å². The molecule has 5 nitrogen and oxygen atoms in total. The largest absolute Gasteiger partial charge is 0.394 e. The summed E-state index contributed by atoms with van der Waals surface area (Å²) in [4.78, 5) is 3.71. The molecule has 0 saturated heterocycles. The molecule has 7 heteroatoms. The number of benzene rings is 1. The van der Waals surface area contributed by atoms with Crippen LogP contribution in [0.15, 0.2) is 29.2 Å². The number of para-hydroxylation sites is 1. The van der Waals surface area contributed by atoms with Crippen LogP contribution < -0.4 is 4.90 Å². The fourth-order valence-electron chi connectivity index (χ4n) is 1.31. The van der Waals surface area contributed by atoms with E-state index in [-0.39, 0.29) is 0 Å². The fraction of sp³-hybridized carbons (Fsp3) is 0.333. The van der Waals surface area contributed by atoms with Gasteiger partial charge in [-0.25, -0.2) is 0 Å². The minimum atomic E-state index is -4.67. The van der Waals surface area contributed by atoms with Gasteiger partial charge in [-0.1, -0.05) is 23.9 Å². The second-order valence-electron chi connectivity index (χ2n) is 3.24. The van der Waals surface area contributed by atoms with Crippen LogP contribution in [-0.2, 0) is 10.4 Å². The third kappa shape index (κ3) is 4.01. The summed E-state index contributed by atoms with van der Waals surface area (Å²) >= 11 is 1.93. The molecule has 1 aliphatic heterocycles. The molecule has 1 atom stereocenters. The average Bonchev–Trinajstić information content (AvgIpc) is 2.41. The number of anilines is 1. The van der Waals surface area contributed by atoms with Gasteiger partial charge in [0.1, 0.15) is 0 Å². The zero-order chi connectivity index (χ0) is 12.3. The lowest BCUT2D eigenvalue weighted by atomic mass is 10.3. The molecule has 2 rings (SSSR count). The SMILES string of the molecule is CC1Sc2ccccc2N1C.O=S(=O)(O)O. The Hall–Kier alpha value is -0.760. The van der Waals surface area contributed by atoms with Crippen molar-refractivity contribution in [2.24, 2.45) is 0 Å².